The zero-order valence-electron chi connectivity index (χ0n) is 13.4. The number of carboxylic acids is 1. The summed E-state index contributed by atoms with van der Waals surface area (Å²) in [7, 11) is 0. The van der Waals surface area contributed by atoms with Crippen LogP contribution in [0.1, 0.15) is 25.8 Å². The number of aliphatic carboxylic acids is 1. The Morgan fingerprint density at radius 3 is 1.96 bits per heavy atom. The summed E-state index contributed by atoms with van der Waals surface area (Å²) in [5.41, 5.74) is 0.193. The molecular formula is C19H22FeO3. The first-order valence-electron chi connectivity index (χ1n) is 7.14. The molecule has 0 fully saturated rings. The Bertz CT molecular complexity index is 563. The third-order valence-corrected chi connectivity index (χ3v) is 3.48. The second kappa shape index (κ2) is 9.98. The molecule has 0 aliphatic rings. The molecule has 1 N–H and O–H groups in total. The minimum absolute atomic E-state index is 0. The minimum Gasteiger partial charge on any atom is -0.481 e. The third kappa shape index (κ3) is 6.39. The summed E-state index contributed by atoms with van der Waals surface area (Å²) >= 11 is 0. The van der Waals surface area contributed by atoms with Crippen molar-refractivity contribution in [3.63, 3.8) is 0 Å². The van der Waals surface area contributed by atoms with Crippen LogP contribution in [-0.2, 0) is 33.1 Å². The summed E-state index contributed by atoms with van der Waals surface area (Å²) in [6, 6.07) is 17.3. The van der Waals surface area contributed by atoms with Crippen LogP contribution in [0.2, 0.25) is 0 Å². The smallest absolute Gasteiger partial charge is 0.481 e. The Labute approximate surface area is 148 Å². The summed E-state index contributed by atoms with van der Waals surface area (Å²) in [6.45, 7) is 6.79. The van der Waals surface area contributed by atoms with Gasteiger partial charge in [0.15, 0.2) is 0 Å². The summed E-state index contributed by atoms with van der Waals surface area (Å²) in [4.78, 5) is 23.2. The Morgan fingerprint density at radius 1 is 1.13 bits per heavy atom. The van der Waals surface area contributed by atoms with Gasteiger partial charge in [0.25, 0.3) is 0 Å². The van der Waals surface area contributed by atoms with Gasteiger partial charge in [0.1, 0.15) is 11.2 Å². The maximum absolute atomic E-state index is 11.7. The molecule has 0 aliphatic carbocycles. The first-order valence-corrected chi connectivity index (χ1v) is 7.14. The molecule has 4 heteroatoms. The van der Waals surface area contributed by atoms with E-state index in [0.717, 1.165) is 5.56 Å². The molecular weight excluding hydrogens is 332 g/mol. The number of ketones is 1. The molecule has 124 valence electrons. The van der Waals surface area contributed by atoms with Crippen molar-refractivity contribution in [1.82, 2.24) is 0 Å². The number of hydrogen-bond acceptors (Lipinski definition) is 2. The maximum atomic E-state index is 11.7. The van der Waals surface area contributed by atoms with E-state index < -0.39 is 11.4 Å². The van der Waals surface area contributed by atoms with Gasteiger partial charge in [0.05, 0.1) is 0 Å². The summed E-state index contributed by atoms with van der Waals surface area (Å²) in [6.07, 6.45) is 0.403. The molecule has 0 aromatic heterocycles. The van der Waals surface area contributed by atoms with Crippen LogP contribution in [0.15, 0.2) is 66.7 Å². The number of carboxylic acid groups (broad SMARTS) is 1. The summed E-state index contributed by atoms with van der Waals surface area (Å²) in [5.74, 6) is -1.40. The van der Waals surface area contributed by atoms with E-state index in [-0.39, 0.29) is 35.7 Å². The minimum atomic E-state index is -1.37. The van der Waals surface area contributed by atoms with Crippen molar-refractivity contribution in [2.45, 2.75) is 26.7 Å². The summed E-state index contributed by atoms with van der Waals surface area (Å²) in [5, 5.41) is 9.38. The van der Waals surface area contributed by atoms with Gasteiger partial charge in [0.2, 0.25) is 0 Å². The molecule has 0 radical (unpaired) electrons. The molecule has 0 aliphatic heterocycles. The van der Waals surface area contributed by atoms with E-state index >= 15 is 0 Å². The predicted octanol–water partition coefficient (Wildman–Crippen LogP) is 3.98. The fraction of sp³-hybridized carbons (Fsp3) is 0.263. The molecule has 2 aromatic carbocycles. The third-order valence-electron chi connectivity index (χ3n) is 3.48. The molecule has 2 aromatic rings. The standard InChI is InChI=1S/C14H17O3.C5H5.Fe/c1-10(2)8-14(11(3)15,13(16)17)9-12-6-4-5-7-12;1-2-4-5-3-1;/h4-7H,1,8-9H2,2-3H3,(H,16,17);1-5H;/q2*-1;+2. The Kier molecular flexibility index (Phi) is 9.16. The summed E-state index contributed by atoms with van der Waals surface area (Å²) < 4.78 is 0. The fourth-order valence-electron chi connectivity index (χ4n) is 2.33. The molecule has 0 spiro atoms. The van der Waals surface area contributed by atoms with Gasteiger partial charge in [-0.25, -0.2) is 24.3 Å². The molecule has 3 nitrogen and oxygen atoms in total. The van der Waals surface area contributed by atoms with E-state index in [2.05, 4.69) is 6.58 Å². The molecule has 1 atom stereocenters. The Balaban J connectivity index is 0.000000684. The van der Waals surface area contributed by atoms with Crippen LogP contribution < -0.4 is 0 Å². The van der Waals surface area contributed by atoms with E-state index in [1.165, 1.54) is 6.92 Å². The van der Waals surface area contributed by atoms with Gasteiger partial charge in [-0.05, 0) is 20.3 Å². The average Bonchev–Trinajstić information content (AvgIpc) is 3.12. The number of carbonyl (C=O) groups excluding carboxylic acids is 1. The predicted molar refractivity (Wildman–Crippen MR) is 88.0 cm³/mol. The Hall–Kier alpha value is -1.90. The first kappa shape index (κ1) is 21.1. The average molecular weight is 354 g/mol. The topological polar surface area (TPSA) is 54.4 Å². The maximum Gasteiger partial charge on any atom is 2.00 e. The van der Waals surface area contributed by atoms with Crippen molar-refractivity contribution in [3.8, 4) is 0 Å². The quantitative estimate of drug-likeness (QED) is 0.370. The molecule has 0 amide bonds. The van der Waals surface area contributed by atoms with E-state index in [9.17, 15) is 14.7 Å². The zero-order valence-corrected chi connectivity index (χ0v) is 14.5. The normalized spacial score (nSPS) is 12.1. The van der Waals surface area contributed by atoms with Crippen molar-refractivity contribution >= 4 is 11.8 Å². The molecule has 2 rings (SSSR count). The van der Waals surface area contributed by atoms with Gasteiger partial charge in [-0.1, -0.05) is 12.0 Å². The molecule has 0 heterocycles. The van der Waals surface area contributed by atoms with Crippen molar-refractivity contribution < 1.29 is 31.8 Å². The van der Waals surface area contributed by atoms with E-state index in [1.807, 2.05) is 54.6 Å². The van der Waals surface area contributed by atoms with Gasteiger partial charge in [-0.2, -0.15) is 35.9 Å². The van der Waals surface area contributed by atoms with Crippen molar-refractivity contribution in [2.75, 3.05) is 0 Å². The van der Waals surface area contributed by atoms with Crippen molar-refractivity contribution in [1.29, 1.82) is 0 Å². The van der Waals surface area contributed by atoms with E-state index in [0.29, 0.717) is 5.57 Å². The van der Waals surface area contributed by atoms with Crippen LogP contribution in [0, 0.1) is 5.41 Å². The molecule has 0 saturated heterocycles. The number of hydrogen-bond donors (Lipinski definition) is 1. The van der Waals surface area contributed by atoms with Crippen LogP contribution >= 0.6 is 0 Å². The zero-order chi connectivity index (χ0) is 16.6. The van der Waals surface area contributed by atoms with E-state index in [1.54, 1.807) is 6.92 Å². The monoisotopic (exact) mass is 354 g/mol. The van der Waals surface area contributed by atoms with Crippen LogP contribution in [0.3, 0.4) is 0 Å². The van der Waals surface area contributed by atoms with Gasteiger partial charge >= 0.3 is 23.0 Å². The van der Waals surface area contributed by atoms with Crippen LogP contribution in [0.25, 0.3) is 0 Å². The van der Waals surface area contributed by atoms with Gasteiger partial charge in [0, 0.05) is 0 Å². The van der Waals surface area contributed by atoms with Gasteiger partial charge in [-0.15, -0.1) is 6.58 Å². The second-order valence-corrected chi connectivity index (χ2v) is 5.51. The number of allylic oxidation sites excluding steroid dienone is 1. The second-order valence-electron chi connectivity index (χ2n) is 5.51. The molecule has 0 saturated carbocycles. The number of carbonyl (C=O) groups is 2. The van der Waals surface area contributed by atoms with Gasteiger partial charge < -0.3 is 5.11 Å². The number of rotatable bonds is 6. The van der Waals surface area contributed by atoms with Crippen LogP contribution in [0.5, 0.6) is 0 Å². The SMILES string of the molecule is C=C(C)CC(C[c-]1cccc1)(C(C)=O)C(=O)O.[Fe+2].c1cc[cH-]c1. The fourth-order valence-corrected chi connectivity index (χ4v) is 2.33. The number of Topliss-reactive ketones (excluding diaryl/α,β-unsaturated/α-hetero) is 1. The molecule has 0 bridgehead atoms. The van der Waals surface area contributed by atoms with E-state index in [4.69, 9.17) is 0 Å². The van der Waals surface area contributed by atoms with Gasteiger partial charge in [-0.3, -0.25) is 9.59 Å². The van der Waals surface area contributed by atoms with Crippen LogP contribution in [0.4, 0.5) is 0 Å². The largest absolute Gasteiger partial charge is 2.00 e. The molecule has 23 heavy (non-hydrogen) atoms. The first-order chi connectivity index (χ1) is 10.4. The molecule has 1 unspecified atom stereocenters. The van der Waals surface area contributed by atoms with Crippen molar-refractivity contribution in [2.24, 2.45) is 5.41 Å². The Morgan fingerprint density at radius 2 is 1.65 bits per heavy atom. The van der Waals surface area contributed by atoms with Crippen molar-refractivity contribution in [3.05, 3.63) is 72.3 Å². The van der Waals surface area contributed by atoms with Crippen LogP contribution in [-0.4, -0.2) is 16.9 Å².